The van der Waals surface area contributed by atoms with Crippen LogP contribution in [0.25, 0.3) is 0 Å². The third-order valence-corrected chi connectivity index (χ3v) is 4.25. The highest BCUT2D eigenvalue weighted by Crippen LogP contribution is 2.26. The summed E-state index contributed by atoms with van der Waals surface area (Å²) in [5, 5.41) is 3.16. The fourth-order valence-corrected chi connectivity index (χ4v) is 2.88. The van der Waals surface area contributed by atoms with Gasteiger partial charge in [-0.25, -0.2) is 0 Å². The van der Waals surface area contributed by atoms with Crippen LogP contribution in [-0.2, 0) is 0 Å². The molecule has 0 fully saturated rings. The molecule has 4 nitrogen and oxygen atoms in total. The van der Waals surface area contributed by atoms with E-state index in [1.54, 1.807) is 66.7 Å². The molecular formula is C22H18ClNO3. The van der Waals surface area contributed by atoms with Crippen molar-refractivity contribution < 1.29 is 14.3 Å². The predicted octanol–water partition coefficient (Wildman–Crippen LogP) is 5.22. The van der Waals surface area contributed by atoms with Crippen molar-refractivity contribution in [2.24, 2.45) is 0 Å². The zero-order valence-corrected chi connectivity index (χ0v) is 15.5. The molecule has 3 rings (SSSR count). The first-order valence-electron chi connectivity index (χ1n) is 8.52. The second-order valence-electron chi connectivity index (χ2n) is 5.77. The largest absolute Gasteiger partial charge is 0.492 e. The smallest absolute Gasteiger partial charge is 0.255 e. The Kier molecular flexibility index (Phi) is 5.89. The standard InChI is InChI=1S/C22H18ClNO3/c1-2-27-20-13-12-16(14-18(20)23)22(26)24-19-11-7-6-10-17(19)21(25)15-8-4-3-5-9-15/h3-14H,2H2,1H3,(H,24,26). The highest BCUT2D eigenvalue weighted by atomic mass is 35.5. The van der Waals surface area contributed by atoms with Gasteiger partial charge in [0.05, 0.1) is 17.3 Å². The van der Waals surface area contributed by atoms with Gasteiger partial charge in [-0.15, -0.1) is 0 Å². The molecule has 0 aromatic heterocycles. The van der Waals surface area contributed by atoms with Crippen molar-refractivity contribution in [2.75, 3.05) is 11.9 Å². The van der Waals surface area contributed by atoms with Crippen molar-refractivity contribution in [2.45, 2.75) is 6.92 Å². The normalized spacial score (nSPS) is 10.3. The van der Waals surface area contributed by atoms with Gasteiger partial charge in [0.2, 0.25) is 0 Å². The molecule has 0 aliphatic carbocycles. The summed E-state index contributed by atoms with van der Waals surface area (Å²) >= 11 is 6.16. The van der Waals surface area contributed by atoms with E-state index in [-0.39, 0.29) is 11.7 Å². The Bertz CT molecular complexity index is 970. The first-order valence-corrected chi connectivity index (χ1v) is 8.90. The van der Waals surface area contributed by atoms with Crippen LogP contribution in [0.2, 0.25) is 5.02 Å². The Balaban J connectivity index is 1.85. The molecule has 136 valence electrons. The van der Waals surface area contributed by atoms with E-state index < -0.39 is 0 Å². The van der Waals surface area contributed by atoms with Crippen molar-refractivity contribution in [3.63, 3.8) is 0 Å². The molecule has 0 saturated carbocycles. The average molecular weight is 380 g/mol. The lowest BCUT2D eigenvalue weighted by Crippen LogP contribution is -2.15. The molecule has 0 aliphatic rings. The van der Waals surface area contributed by atoms with Crippen LogP contribution in [0, 0.1) is 0 Å². The molecule has 0 heterocycles. The van der Waals surface area contributed by atoms with Gasteiger partial charge in [-0.05, 0) is 37.3 Å². The summed E-state index contributed by atoms with van der Waals surface area (Å²) in [6.45, 7) is 2.35. The second-order valence-corrected chi connectivity index (χ2v) is 6.18. The number of benzene rings is 3. The number of ether oxygens (including phenoxy) is 1. The van der Waals surface area contributed by atoms with Crippen LogP contribution < -0.4 is 10.1 Å². The number of nitrogens with one attached hydrogen (secondary N) is 1. The van der Waals surface area contributed by atoms with Crippen LogP contribution in [0.4, 0.5) is 5.69 Å². The maximum Gasteiger partial charge on any atom is 0.255 e. The zero-order chi connectivity index (χ0) is 19.2. The molecule has 0 radical (unpaired) electrons. The fourth-order valence-electron chi connectivity index (χ4n) is 2.64. The van der Waals surface area contributed by atoms with E-state index >= 15 is 0 Å². The van der Waals surface area contributed by atoms with Crippen molar-refractivity contribution in [3.05, 3.63) is 94.5 Å². The summed E-state index contributed by atoms with van der Waals surface area (Å²) in [5.74, 6) is 0.0138. The van der Waals surface area contributed by atoms with Crippen LogP contribution in [0.15, 0.2) is 72.8 Å². The van der Waals surface area contributed by atoms with E-state index in [2.05, 4.69) is 5.32 Å². The van der Waals surface area contributed by atoms with Crippen LogP contribution in [0.5, 0.6) is 5.75 Å². The molecular weight excluding hydrogens is 362 g/mol. The number of ketones is 1. The molecule has 3 aromatic rings. The lowest BCUT2D eigenvalue weighted by molar-refractivity contribution is 0.102. The van der Waals surface area contributed by atoms with E-state index in [9.17, 15) is 9.59 Å². The number of amides is 1. The molecule has 3 aromatic carbocycles. The zero-order valence-electron chi connectivity index (χ0n) is 14.7. The molecule has 0 aliphatic heterocycles. The third kappa shape index (κ3) is 4.36. The average Bonchev–Trinajstić information content (AvgIpc) is 2.70. The molecule has 0 unspecified atom stereocenters. The summed E-state index contributed by atoms with van der Waals surface area (Å²) in [6.07, 6.45) is 0. The van der Waals surface area contributed by atoms with Crippen molar-refractivity contribution in [3.8, 4) is 5.75 Å². The van der Waals surface area contributed by atoms with Gasteiger partial charge in [0.25, 0.3) is 5.91 Å². The SMILES string of the molecule is CCOc1ccc(C(=O)Nc2ccccc2C(=O)c2ccccc2)cc1Cl. The van der Waals surface area contributed by atoms with E-state index in [1.165, 1.54) is 0 Å². The van der Waals surface area contributed by atoms with Gasteiger partial charge in [0.15, 0.2) is 5.78 Å². The van der Waals surface area contributed by atoms with Gasteiger partial charge in [0.1, 0.15) is 5.75 Å². The van der Waals surface area contributed by atoms with Gasteiger partial charge in [-0.2, -0.15) is 0 Å². The van der Waals surface area contributed by atoms with E-state index in [4.69, 9.17) is 16.3 Å². The van der Waals surface area contributed by atoms with Crippen LogP contribution in [0.1, 0.15) is 33.2 Å². The minimum Gasteiger partial charge on any atom is -0.492 e. The van der Waals surface area contributed by atoms with Crippen molar-refractivity contribution in [1.82, 2.24) is 0 Å². The highest BCUT2D eigenvalue weighted by molar-refractivity contribution is 6.32. The number of rotatable bonds is 6. The second kappa shape index (κ2) is 8.52. The number of carbonyl (C=O) groups excluding carboxylic acids is 2. The van der Waals surface area contributed by atoms with E-state index in [0.717, 1.165) is 0 Å². The molecule has 0 atom stereocenters. The Morgan fingerprint density at radius 2 is 1.63 bits per heavy atom. The van der Waals surface area contributed by atoms with Crippen LogP contribution in [0.3, 0.4) is 0 Å². The Morgan fingerprint density at radius 3 is 2.33 bits per heavy atom. The van der Waals surface area contributed by atoms with Crippen LogP contribution in [-0.4, -0.2) is 18.3 Å². The summed E-state index contributed by atoms with van der Waals surface area (Å²) in [6, 6.07) is 20.7. The number of hydrogen-bond donors (Lipinski definition) is 1. The monoisotopic (exact) mass is 379 g/mol. The summed E-state index contributed by atoms with van der Waals surface area (Å²) in [7, 11) is 0. The molecule has 0 bridgehead atoms. The minimum atomic E-state index is -0.353. The molecule has 1 N–H and O–H groups in total. The van der Waals surface area contributed by atoms with Gasteiger partial charge >= 0.3 is 0 Å². The topological polar surface area (TPSA) is 55.4 Å². The highest BCUT2D eigenvalue weighted by Gasteiger charge is 2.16. The first kappa shape index (κ1) is 18.7. The van der Waals surface area contributed by atoms with Crippen LogP contribution >= 0.6 is 11.6 Å². The summed E-state index contributed by atoms with van der Waals surface area (Å²) in [4.78, 5) is 25.4. The summed E-state index contributed by atoms with van der Waals surface area (Å²) in [5.41, 5.74) is 1.81. The number of carbonyl (C=O) groups is 2. The van der Waals surface area contributed by atoms with Gasteiger partial charge < -0.3 is 10.1 Å². The maximum atomic E-state index is 12.8. The number of hydrogen-bond acceptors (Lipinski definition) is 3. The lowest BCUT2D eigenvalue weighted by atomic mass is 10.0. The predicted molar refractivity (Wildman–Crippen MR) is 107 cm³/mol. The number of anilines is 1. The summed E-state index contributed by atoms with van der Waals surface area (Å²) < 4.78 is 5.38. The molecule has 1 amide bonds. The fraction of sp³-hybridized carbons (Fsp3) is 0.0909. The number of halogens is 1. The Hall–Kier alpha value is -3.11. The lowest BCUT2D eigenvalue weighted by Gasteiger charge is -2.12. The van der Waals surface area contributed by atoms with E-state index in [1.807, 2.05) is 13.0 Å². The Labute approximate surface area is 162 Å². The molecule has 0 saturated heterocycles. The molecule has 0 spiro atoms. The minimum absolute atomic E-state index is 0.156. The third-order valence-electron chi connectivity index (χ3n) is 3.95. The van der Waals surface area contributed by atoms with E-state index in [0.29, 0.717) is 39.8 Å². The van der Waals surface area contributed by atoms with Gasteiger partial charge in [0, 0.05) is 16.7 Å². The van der Waals surface area contributed by atoms with Crippen molar-refractivity contribution in [1.29, 1.82) is 0 Å². The van der Waals surface area contributed by atoms with Crippen molar-refractivity contribution >= 4 is 29.0 Å². The molecule has 5 heteroatoms. The number of para-hydroxylation sites is 1. The van der Waals surface area contributed by atoms with Gasteiger partial charge in [-0.1, -0.05) is 54.1 Å². The van der Waals surface area contributed by atoms with Gasteiger partial charge in [-0.3, -0.25) is 9.59 Å². The quantitative estimate of drug-likeness (QED) is 0.597. The Morgan fingerprint density at radius 1 is 0.926 bits per heavy atom. The molecule has 27 heavy (non-hydrogen) atoms. The maximum absolute atomic E-state index is 12.8. The first-order chi connectivity index (χ1) is 13.1.